The Morgan fingerprint density at radius 1 is 1.47 bits per heavy atom. The lowest BCUT2D eigenvalue weighted by Crippen LogP contribution is -2.47. The molecule has 0 aliphatic carbocycles. The Balaban J connectivity index is 2.77. The number of carboxylic acid groups (broad SMARTS) is 1. The van der Waals surface area contributed by atoms with Crippen molar-refractivity contribution in [2.24, 2.45) is 0 Å². The van der Waals surface area contributed by atoms with Crippen LogP contribution in [0.25, 0.3) is 0 Å². The number of hydrogen-bond acceptors (Lipinski definition) is 4. The van der Waals surface area contributed by atoms with Gasteiger partial charge < -0.3 is 15.5 Å². The Morgan fingerprint density at radius 2 is 2.12 bits per heavy atom. The lowest BCUT2D eigenvalue weighted by atomic mass is 10.1. The molecule has 1 amide bonds. The fraction of sp³-hybridized carbons (Fsp3) is 0.300. The van der Waals surface area contributed by atoms with E-state index in [0.29, 0.717) is 0 Å². The number of pyridine rings is 1. The van der Waals surface area contributed by atoms with Gasteiger partial charge in [0.15, 0.2) is 6.04 Å². The zero-order valence-electron chi connectivity index (χ0n) is 8.92. The van der Waals surface area contributed by atoms with Crippen molar-refractivity contribution in [1.29, 1.82) is 0 Å². The Bertz CT molecular complexity index is 419. The van der Waals surface area contributed by atoms with Crippen molar-refractivity contribution in [3.05, 3.63) is 29.0 Å². The zero-order chi connectivity index (χ0) is 13.0. The van der Waals surface area contributed by atoms with E-state index in [9.17, 15) is 14.7 Å². The number of aromatic nitrogens is 1. The second-order valence-corrected chi connectivity index (χ2v) is 3.79. The lowest BCUT2D eigenvalue weighted by Gasteiger charge is -2.16. The van der Waals surface area contributed by atoms with Crippen LogP contribution in [-0.4, -0.2) is 39.2 Å². The normalized spacial score (nSPS) is 13.8. The van der Waals surface area contributed by atoms with Gasteiger partial charge >= 0.3 is 5.97 Å². The number of rotatable bonds is 4. The van der Waals surface area contributed by atoms with Crippen LogP contribution in [0.5, 0.6) is 0 Å². The third-order valence-electron chi connectivity index (χ3n) is 2.02. The molecule has 1 aromatic heterocycles. The van der Waals surface area contributed by atoms with Gasteiger partial charge in [0.25, 0.3) is 5.91 Å². The Kier molecular flexibility index (Phi) is 4.42. The van der Waals surface area contributed by atoms with Crippen LogP contribution in [0.4, 0.5) is 0 Å². The third-order valence-corrected chi connectivity index (χ3v) is 2.25. The molecule has 17 heavy (non-hydrogen) atoms. The molecule has 0 saturated carbocycles. The van der Waals surface area contributed by atoms with E-state index in [1.807, 2.05) is 0 Å². The number of nitrogens with one attached hydrogen (secondary N) is 1. The van der Waals surface area contributed by atoms with Gasteiger partial charge in [-0.05, 0) is 19.1 Å². The number of aliphatic hydroxyl groups is 1. The minimum Gasteiger partial charge on any atom is -0.480 e. The molecule has 92 valence electrons. The molecule has 0 bridgehead atoms. The van der Waals surface area contributed by atoms with Crippen LogP contribution in [-0.2, 0) is 4.79 Å². The highest BCUT2D eigenvalue weighted by Crippen LogP contribution is 2.05. The summed E-state index contributed by atoms with van der Waals surface area (Å²) in [6.45, 7) is 1.28. The number of carbonyl (C=O) groups excluding carboxylic acids is 1. The van der Waals surface area contributed by atoms with Gasteiger partial charge in [-0.3, -0.25) is 4.79 Å². The third kappa shape index (κ3) is 3.69. The van der Waals surface area contributed by atoms with Crippen molar-refractivity contribution < 1.29 is 19.8 Å². The molecule has 0 aliphatic heterocycles. The van der Waals surface area contributed by atoms with Crippen LogP contribution < -0.4 is 5.32 Å². The van der Waals surface area contributed by atoms with Crippen molar-refractivity contribution in [3.63, 3.8) is 0 Å². The molecule has 0 radical (unpaired) electrons. The van der Waals surface area contributed by atoms with Crippen molar-refractivity contribution in [2.75, 3.05) is 0 Å². The van der Waals surface area contributed by atoms with E-state index in [1.54, 1.807) is 0 Å². The van der Waals surface area contributed by atoms with Gasteiger partial charge in [0.2, 0.25) is 0 Å². The summed E-state index contributed by atoms with van der Waals surface area (Å²) >= 11 is 5.55. The van der Waals surface area contributed by atoms with Crippen LogP contribution >= 0.6 is 11.6 Å². The summed E-state index contributed by atoms with van der Waals surface area (Å²) in [5.41, 5.74) is 0.168. The zero-order valence-corrected chi connectivity index (χ0v) is 9.68. The summed E-state index contributed by atoms with van der Waals surface area (Å²) in [5, 5.41) is 20.4. The largest absolute Gasteiger partial charge is 0.480 e. The van der Waals surface area contributed by atoms with Gasteiger partial charge in [0.05, 0.1) is 11.7 Å². The number of hydrogen-bond donors (Lipinski definition) is 3. The molecule has 6 nitrogen and oxygen atoms in total. The highest BCUT2D eigenvalue weighted by molar-refractivity contribution is 6.29. The molecular weight excluding hydrogens is 248 g/mol. The molecule has 1 rings (SSSR count). The fourth-order valence-corrected chi connectivity index (χ4v) is 1.24. The molecule has 0 aliphatic rings. The Labute approximate surface area is 102 Å². The molecule has 0 aromatic carbocycles. The van der Waals surface area contributed by atoms with Crippen LogP contribution in [0, 0.1) is 0 Å². The number of carbonyl (C=O) groups is 2. The summed E-state index contributed by atoms with van der Waals surface area (Å²) in [6.07, 6.45) is 0.0234. The fourth-order valence-electron chi connectivity index (χ4n) is 1.12. The predicted octanol–water partition coefficient (Wildman–Crippen LogP) is 0.299. The quantitative estimate of drug-likeness (QED) is 0.675. The number of halogens is 1. The van der Waals surface area contributed by atoms with Crippen LogP contribution in [0.3, 0.4) is 0 Å². The van der Waals surface area contributed by atoms with Crippen molar-refractivity contribution in [3.8, 4) is 0 Å². The maximum atomic E-state index is 11.6. The van der Waals surface area contributed by atoms with E-state index in [4.69, 9.17) is 16.7 Å². The van der Waals surface area contributed by atoms with Gasteiger partial charge in [-0.2, -0.15) is 0 Å². The molecule has 0 spiro atoms. The molecular formula is C10H11ClN2O4. The molecule has 7 heteroatoms. The summed E-state index contributed by atoms with van der Waals surface area (Å²) in [4.78, 5) is 26.0. The smallest absolute Gasteiger partial charge is 0.328 e. The summed E-state index contributed by atoms with van der Waals surface area (Å²) in [5.74, 6) is -1.95. The molecule has 1 aromatic rings. The lowest BCUT2D eigenvalue weighted by molar-refractivity contribution is -0.141. The van der Waals surface area contributed by atoms with E-state index >= 15 is 0 Å². The molecule has 3 N–H and O–H groups in total. The maximum absolute atomic E-state index is 11.6. The number of nitrogens with zero attached hydrogens (tertiary/aromatic N) is 1. The number of carboxylic acids is 1. The SMILES string of the molecule is CC(O)C(NC(=O)c1ccc(Cl)nc1)C(=O)O. The standard InChI is InChI=1S/C10H11ClN2O4/c1-5(14)8(10(16)17)13-9(15)6-2-3-7(11)12-4-6/h2-5,8,14H,1H3,(H,13,15)(H,16,17). The Morgan fingerprint density at radius 3 is 2.53 bits per heavy atom. The first-order valence-corrected chi connectivity index (χ1v) is 5.13. The molecule has 1 heterocycles. The minimum atomic E-state index is -1.36. The summed E-state index contributed by atoms with van der Waals surface area (Å²) in [7, 11) is 0. The van der Waals surface area contributed by atoms with E-state index < -0.39 is 24.0 Å². The maximum Gasteiger partial charge on any atom is 0.328 e. The van der Waals surface area contributed by atoms with E-state index in [1.165, 1.54) is 25.3 Å². The van der Waals surface area contributed by atoms with E-state index in [2.05, 4.69) is 10.3 Å². The van der Waals surface area contributed by atoms with Gasteiger partial charge in [0.1, 0.15) is 5.15 Å². The first-order chi connectivity index (χ1) is 7.91. The van der Waals surface area contributed by atoms with Crippen molar-refractivity contribution in [1.82, 2.24) is 10.3 Å². The van der Waals surface area contributed by atoms with Gasteiger partial charge in [-0.25, -0.2) is 9.78 Å². The highest BCUT2D eigenvalue weighted by atomic mass is 35.5. The number of aliphatic hydroxyl groups excluding tert-OH is 1. The van der Waals surface area contributed by atoms with Crippen molar-refractivity contribution >= 4 is 23.5 Å². The van der Waals surface area contributed by atoms with Crippen LogP contribution in [0.15, 0.2) is 18.3 Å². The average Bonchev–Trinajstić information content (AvgIpc) is 2.25. The molecule has 2 unspecified atom stereocenters. The van der Waals surface area contributed by atoms with Gasteiger partial charge in [0, 0.05) is 6.20 Å². The monoisotopic (exact) mass is 258 g/mol. The number of amides is 1. The minimum absolute atomic E-state index is 0.168. The second-order valence-electron chi connectivity index (χ2n) is 3.40. The average molecular weight is 259 g/mol. The molecule has 2 atom stereocenters. The van der Waals surface area contributed by atoms with Crippen molar-refractivity contribution in [2.45, 2.75) is 19.1 Å². The predicted molar refractivity (Wildman–Crippen MR) is 59.8 cm³/mol. The topological polar surface area (TPSA) is 99.5 Å². The summed E-state index contributed by atoms with van der Waals surface area (Å²) < 4.78 is 0. The van der Waals surface area contributed by atoms with Crippen LogP contribution in [0.1, 0.15) is 17.3 Å². The Hall–Kier alpha value is -1.66. The first kappa shape index (κ1) is 13.4. The van der Waals surface area contributed by atoms with Crippen LogP contribution in [0.2, 0.25) is 5.15 Å². The van der Waals surface area contributed by atoms with E-state index in [-0.39, 0.29) is 10.7 Å². The van der Waals surface area contributed by atoms with Gasteiger partial charge in [-0.1, -0.05) is 11.6 Å². The first-order valence-electron chi connectivity index (χ1n) is 4.75. The highest BCUT2D eigenvalue weighted by Gasteiger charge is 2.25. The molecule has 0 saturated heterocycles. The van der Waals surface area contributed by atoms with E-state index in [0.717, 1.165) is 0 Å². The number of aliphatic carboxylic acids is 1. The summed E-state index contributed by atoms with van der Waals surface area (Å²) in [6, 6.07) is 1.46. The second kappa shape index (κ2) is 5.60. The molecule has 0 fully saturated rings. The van der Waals surface area contributed by atoms with Gasteiger partial charge in [-0.15, -0.1) is 0 Å².